The first kappa shape index (κ1) is 18.0. The predicted molar refractivity (Wildman–Crippen MR) is 91.7 cm³/mol. The normalized spacial score (nSPS) is 10.4. The molecule has 0 fully saturated rings. The first-order chi connectivity index (χ1) is 12.9. The molecule has 1 aromatic heterocycles. The van der Waals surface area contributed by atoms with E-state index in [1.165, 1.54) is 0 Å². The summed E-state index contributed by atoms with van der Waals surface area (Å²) in [6.45, 7) is -0.0819. The molecule has 0 amide bonds. The summed E-state index contributed by atoms with van der Waals surface area (Å²) in [5.74, 6) is -4.77. The van der Waals surface area contributed by atoms with E-state index in [2.05, 4.69) is 9.97 Å². The van der Waals surface area contributed by atoms with E-state index in [-0.39, 0.29) is 29.6 Å². The second-order valence-electron chi connectivity index (χ2n) is 5.46. The molecule has 0 atom stereocenters. The maximum atomic E-state index is 13.6. The molecule has 3 aromatic rings. The van der Waals surface area contributed by atoms with E-state index < -0.39 is 23.2 Å². The molecular formula is C18H12F3N5O. The number of nitrogens with zero attached hydrogens (tertiary/aromatic N) is 3. The average molecular weight is 371 g/mol. The fourth-order valence-electron chi connectivity index (χ4n) is 2.35. The zero-order valence-corrected chi connectivity index (χ0v) is 13.7. The molecule has 6 nitrogen and oxygen atoms in total. The minimum absolute atomic E-state index is 0.0266. The third kappa shape index (κ3) is 3.59. The summed E-state index contributed by atoms with van der Waals surface area (Å²) in [7, 11) is 0. The Morgan fingerprint density at radius 3 is 2.33 bits per heavy atom. The van der Waals surface area contributed by atoms with Crippen LogP contribution in [0.4, 0.5) is 24.9 Å². The van der Waals surface area contributed by atoms with Crippen molar-refractivity contribution in [2.45, 2.75) is 6.61 Å². The van der Waals surface area contributed by atoms with Crippen LogP contribution in [0.5, 0.6) is 5.75 Å². The van der Waals surface area contributed by atoms with Gasteiger partial charge in [-0.15, -0.1) is 0 Å². The van der Waals surface area contributed by atoms with E-state index in [0.717, 1.165) is 12.1 Å². The van der Waals surface area contributed by atoms with E-state index in [1.54, 1.807) is 24.3 Å². The van der Waals surface area contributed by atoms with E-state index in [0.29, 0.717) is 11.1 Å². The van der Waals surface area contributed by atoms with Crippen LogP contribution in [-0.4, -0.2) is 9.97 Å². The fourth-order valence-corrected chi connectivity index (χ4v) is 2.35. The van der Waals surface area contributed by atoms with Gasteiger partial charge in [0.1, 0.15) is 24.1 Å². The Hall–Kier alpha value is -3.80. The first-order valence-corrected chi connectivity index (χ1v) is 7.59. The van der Waals surface area contributed by atoms with Crippen LogP contribution in [-0.2, 0) is 6.61 Å². The van der Waals surface area contributed by atoms with E-state index in [9.17, 15) is 18.4 Å². The monoisotopic (exact) mass is 371 g/mol. The molecule has 9 heteroatoms. The van der Waals surface area contributed by atoms with Gasteiger partial charge in [-0.05, 0) is 17.7 Å². The van der Waals surface area contributed by atoms with Gasteiger partial charge in [-0.1, -0.05) is 24.3 Å². The number of nitriles is 1. The summed E-state index contributed by atoms with van der Waals surface area (Å²) < 4.78 is 44.9. The van der Waals surface area contributed by atoms with Crippen molar-refractivity contribution in [1.82, 2.24) is 9.97 Å². The second kappa shape index (κ2) is 7.21. The number of halogens is 3. The summed E-state index contributed by atoms with van der Waals surface area (Å²) >= 11 is 0. The summed E-state index contributed by atoms with van der Waals surface area (Å²) in [6.07, 6.45) is 0. The summed E-state index contributed by atoms with van der Waals surface area (Å²) in [5.41, 5.74) is 12.8. The number of nitrogens with two attached hydrogens (primary N) is 2. The number of ether oxygens (including phenoxy) is 1. The third-order valence-corrected chi connectivity index (χ3v) is 3.69. The molecule has 4 N–H and O–H groups in total. The number of nitrogen functional groups attached to an aromatic ring is 2. The van der Waals surface area contributed by atoms with Crippen LogP contribution in [0.3, 0.4) is 0 Å². The van der Waals surface area contributed by atoms with Gasteiger partial charge >= 0.3 is 0 Å². The van der Waals surface area contributed by atoms with E-state index >= 15 is 0 Å². The topological polar surface area (TPSA) is 111 Å². The van der Waals surface area contributed by atoms with Gasteiger partial charge in [0.2, 0.25) is 11.8 Å². The summed E-state index contributed by atoms with van der Waals surface area (Å²) in [4.78, 5) is 7.78. The van der Waals surface area contributed by atoms with Crippen molar-refractivity contribution in [1.29, 1.82) is 5.26 Å². The zero-order chi connectivity index (χ0) is 19.6. The van der Waals surface area contributed by atoms with Gasteiger partial charge in [0.15, 0.2) is 17.4 Å². The number of hydrogen-bond donors (Lipinski definition) is 2. The van der Waals surface area contributed by atoms with Gasteiger partial charge in [-0.2, -0.15) is 14.6 Å². The van der Waals surface area contributed by atoms with E-state index in [4.69, 9.17) is 16.2 Å². The molecule has 0 saturated carbocycles. The van der Waals surface area contributed by atoms with Crippen molar-refractivity contribution in [3.63, 3.8) is 0 Å². The average Bonchev–Trinajstić information content (AvgIpc) is 2.65. The Morgan fingerprint density at radius 1 is 0.963 bits per heavy atom. The molecular weight excluding hydrogens is 359 g/mol. The number of anilines is 2. The molecule has 0 spiro atoms. The molecule has 0 radical (unpaired) electrons. The molecule has 2 aromatic carbocycles. The number of aromatic nitrogens is 2. The Balaban J connectivity index is 1.81. The Morgan fingerprint density at radius 2 is 1.67 bits per heavy atom. The Kier molecular flexibility index (Phi) is 4.81. The molecule has 27 heavy (non-hydrogen) atoms. The van der Waals surface area contributed by atoms with Crippen molar-refractivity contribution in [3.05, 3.63) is 65.0 Å². The van der Waals surface area contributed by atoms with Gasteiger partial charge in [-0.3, -0.25) is 0 Å². The summed E-state index contributed by atoms with van der Waals surface area (Å²) in [6, 6.07) is 10.3. The van der Waals surface area contributed by atoms with Crippen molar-refractivity contribution in [2.24, 2.45) is 0 Å². The zero-order valence-electron chi connectivity index (χ0n) is 13.7. The Labute approximate surface area is 151 Å². The van der Waals surface area contributed by atoms with Crippen LogP contribution in [0.25, 0.3) is 11.3 Å². The minimum Gasteiger partial charge on any atom is -0.486 e. The fraction of sp³-hybridized carbons (Fsp3) is 0.0556. The van der Waals surface area contributed by atoms with Gasteiger partial charge in [-0.25, -0.2) is 13.8 Å². The lowest BCUT2D eigenvalue weighted by Gasteiger charge is -2.10. The van der Waals surface area contributed by atoms with Crippen LogP contribution in [0, 0.1) is 28.8 Å². The van der Waals surface area contributed by atoms with Crippen LogP contribution in [0.2, 0.25) is 0 Å². The lowest BCUT2D eigenvalue weighted by atomic mass is 10.1. The lowest BCUT2D eigenvalue weighted by Crippen LogP contribution is -2.05. The van der Waals surface area contributed by atoms with Crippen LogP contribution < -0.4 is 16.2 Å². The van der Waals surface area contributed by atoms with Gasteiger partial charge in [0.25, 0.3) is 0 Å². The SMILES string of the molecule is N#Cc1c(N)nc(N)nc1-c1ccc(COc2ccc(F)c(F)c2F)cc1. The van der Waals surface area contributed by atoms with Gasteiger partial charge < -0.3 is 16.2 Å². The lowest BCUT2D eigenvalue weighted by molar-refractivity contribution is 0.281. The highest BCUT2D eigenvalue weighted by atomic mass is 19.2. The van der Waals surface area contributed by atoms with Crippen molar-refractivity contribution < 1.29 is 17.9 Å². The highest BCUT2D eigenvalue weighted by molar-refractivity contribution is 5.73. The smallest absolute Gasteiger partial charge is 0.222 e. The molecule has 0 unspecified atom stereocenters. The highest BCUT2D eigenvalue weighted by Crippen LogP contribution is 2.26. The first-order valence-electron chi connectivity index (χ1n) is 7.59. The predicted octanol–water partition coefficient (Wildman–Crippen LogP) is 3.18. The third-order valence-electron chi connectivity index (χ3n) is 3.69. The molecule has 0 aliphatic heterocycles. The molecule has 1 heterocycles. The molecule has 0 aliphatic carbocycles. The van der Waals surface area contributed by atoms with Gasteiger partial charge in [0.05, 0.1) is 5.69 Å². The van der Waals surface area contributed by atoms with E-state index in [1.807, 2.05) is 6.07 Å². The standard InChI is InChI=1S/C18H12F3N5O/c19-12-5-6-13(15(21)14(12)20)27-8-9-1-3-10(4-2-9)16-11(7-22)17(23)26-18(24)25-16/h1-6H,8H2,(H4,23,24,25,26). The van der Waals surface area contributed by atoms with Crippen LogP contribution in [0.15, 0.2) is 36.4 Å². The molecule has 136 valence electrons. The summed E-state index contributed by atoms with van der Waals surface area (Å²) in [5, 5.41) is 9.22. The maximum Gasteiger partial charge on any atom is 0.222 e. The molecule has 0 bridgehead atoms. The van der Waals surface area contributed by atoms with Crippen molar-refractivity contribution in [3.8, 4) is 23.1 Å². The highest BCUT2D eigenvalue weighted by Gasteiger charge is 2.15. The molecule has 3 rings (SSSR count). The molecule has 0 aliphatic rings. The van der Waals surface area contributed by atoms with Crippen LogP contribution >= 0.6 is 0 Å². The largest absolute Gasteiger partial charge is 0.486 e. The number of hydrogen-bond acceptors (Lipinski definition) is 6. The molecule has 0 saturated heterocycles. The van der Waals surface area contributed by atoms with Crippen molar-refractivity contribution in [2.75, 3.05) is 11.5 Å². The Bertz CT molecular complexity index is 1050. The second-order valence-corrected chi connectivity index (χ2v) is 5.46. The van der Waals surface area contributed by atoms with Gasteiger partial charge in [0, 0.05) is 5.56 Å². The number of benzene rings is 2. The maximum absolute atomic E-state index is 13.6. The van der Waals surface area contributed by atoms with Crippen LogP contribution in [0.1, 0.15) is 11.1 Å². The quantitative estimate of drug-likeness (QED) is 0.682. The van der Waals surface area contributed by atoms with Crippen molar-refractivity contribution >= 4 is 11.8 Å². The minimum atomic E-state index is -1.59. The number of rotatable bonds is 4.